The predicted octanol–water partition coefficient (Wildman–Crippen LogP) is 5.86. The molecule has 1 aromatic carbocycles. The first-order chi connectivity index (χ1) is 19.1. The van der Waals surface area contributed by atoms with Crippen molar-refractivity contribution >= 4 is 61.3 Å². The van der Waals surface area contributed by atoms with Gasteiger partial charge in [-0.1, -0.05) is 0 Å². The summed E-state index contributed by atoms with van der Waals surface area (Å²) in [4.78, 5) is 27.9. The van der Waals surface area contributed by atoms with Gasteiger partial charge in [-0.2, -0.15) is 23.1 Å². The summed E-state index contributed by atoms with van der Waals surface area (Å²) in [6.07, 6.45) is -1.94. The minimum absolute atomic E-state index is 0.00404. The lowest BCUT2D eigenvalue weighted by atomic mass is 9.79. The fourth-order valence-electron chi connectivity index (χ4n) is 5.69. The lowest BCUT2D eigenvalue weighted by Gasteiger charge is -2.47. The van der Waals surface area contributed by atoms with Gasteiger partial charge in [-0.05, 0) is 98.2 Å². The highest BCUT2D eigenvalue weighted by Crippen LogP contribution is 2.45. The Hall–Kier alpha value is -1.81. The summed E-state index contributed by atoms with van der Waals surface area (Å²) in [5, 5.41) is 0.584. The number of likely N-dealkylation sites (N-methyl/N-ethyl adjacent to an activating group) is 1. The highest BCUT2D eigenvalue weighted by atomic mass is 127. The topological polar surface area (TPSA) is 80.3 Å². The summed E-state index contributed by atoms with van der Waals surface area (Å²) >= 11 is 5.47. The molecule has 226 valence electrons. The third kappa shape index (κ3) is 6.89. The fraction of sp³-hybridized carbons (Fsp3) is 0.667. The van der Waals surface area contributed by atoms with Crippen molar-refractivity contribution in [3.8, 4) is 11.8 Å². The summed E-state index contributed by atoms with van der Waals surface area (Å²) in [5.41, 5.74) is -0.422. The average molecular weight is 756 g/mol. The number of fused-ring (bicyclic) bond motifs is 1. The molecule has 3 saturated heterocycles. The minimum Gasteiger partial charge on any atom is -0.481 e. The Morgan fingerprint density at radius 2 is 1.90 bits per heavy atom. The van der Waals surface area contributed by atoms with E-state index in [-0.39, 0.29) is 34.8 Å². The smallest absolute Gasteiger partial charge is 0.422 e. The first kappa shape index (κ1) is 30.6. The highest BCUT2D eigenvalue weighted by Gasteiger charge is 2.51. The normalized spacial score (nSPS) is 21.0. The van der Waals surface area contributed by atoms with E-state index in [9.17, 15) is 18.0 Å². The molecule has 0 N–H and O–H groups in total. The zero-order valence-corrected chi connectivity index (χ0v) is 27.2. The van der Waals surface area contributed by atoms with Gasteiger partial charge >= 0.3 is 18.3 Å². The number of alkyl halides is 3. The third-order valence-electron chi connectivity index (χ3n) is 7.70. The molecule has 4 heterocycles. The second kappa shape index (κ2) is 11.4. The van der Waals surface area contributed by atoms with Crippen molar-refractivity contribution in [2.45, 2.75) is 57.9 Å². The van der Waals surface area contributed by atoms with E-state index in [2.05, 4.69) is 53.3 Å². The third-order valence-corrected chi connectivity index (χ3v) is 10.1. The fourth-order valence-corrected chi connectivity index (χ4v) is 6.66. The second-order valence-corrected chi connectivity index (χ2v) is 14.2. The molecule has 0 bridgehead atoms. The van der Waals surface area contributed by atoms with Crippen LogP contribution in [0, 0.1) is 8.99 Å². The van der Waals surface area contributed by atoms with Crippen molar-refractivity contribution in [2.75, 3.05) is 57.9 Å². The Morgan fingerprint density at radius 3 is 2.54 bits per heavy atom. The average Bonchev–Trinajstić information content (AvgIpc) is 3.47. The number of carbonyl (C=O) groups excluding carboxylic acids is 1. The minimum atomic E-state index is -4.51. The number of amides is 1. The molecule has 3 aliphatic rings. The van der Waals surface area contributed by atoms with Gasteiger partial charge in [0, 0.05) is 46.6 Å². The maximum atomic E-state index is 13.2. The van der Waals surface area contributed by atoms with Gasteiger partial charge in [0.05, 0.1) is 4.47 Å². The van der Waals surface area contributed by atoms with E-state index >= 15 is 0 Å². The predicted molar refractivity (Wildman–Crippen MR) is 160 cm³/mol. The number of ether oxygens (including phenoxy) is 3. The van der Waals surface area contributed by atoms with Crippen LogP contribution in [0.3, 0.4) is 0 Å². The number of nitrogens with zero attached hydrogens (tertiary/aromatic N) is 5. The maximum Gasteiger partial charge on any atom is 0.422 e. The summed E-state index contributed by atoms with van der Waals surface area (Å²) in [6, 6.07) is 2.16. The van der Waals surface area contributed by atoms with Gasteiger partial charge in [-0.3, -0.25) is 0 Å². The van der Waals surface area contributed by atoms with E-state index < -0.39 is 18.4 Å². The van der Waals surface area contributed by atoms with Gasteiger partial charge in [-0.15, -0.1) is 0 Å². The van der Waals surface area contributed by atoms with Gasteiger partial charge in [-0.25, -0.2) is 4.79 Å². The summed E-state index contributed by atoms with van der Waals surface area (Å²) in [7, 11) is 2.04. The monoisotopic (exact) mass is 755 g/mol. The lowest BCUT2D eigenvalue weighted by molar-refractivity contribution is -0.153. The van der Waals surface area contributed by atoms with E-state index in [1.54, 1.807) is 4.90 Å². The number of hydrogen-bond donors (Lipinski definition) is 0. The molecular formula is C27H34BrF3IN5O4. The Kier molecular flexibility index (Phi) is 8.49. The van der Waals surface area contributed by atoms with Crippen molar-refractivity contribution in [1.29, 1.82) is 0 Å². The van der Waals surface area contributed by atoms with E-state index in [0.717, 1.165) is 25.8 Å². The molecule has 41 heavy (non-hydrogen) atoms. The summed E-state index contributed by atoms with van der Waals surface area (Å²) in [5.74, 6) is 0.587. The van der Waals surface area contributed by atoms with E-state index in [1.807, 2.05) is 33.9 Å². The molecule has 1 aromatic heterocycles. The first-order valence-corrected chi connectivity index (χ1v) is 15.5. The van der Waals surface area contributed by atoms with Crippen LogP contribution in [-0.2, 0) is 4.74 Å². The SMILES string of the molecule is CN1CCC[C@H]1COc1nc(N2CCC3(CN(C(=O)OC(C)(C)C)C3)C2)c2cc(I)c(Br)c(OCC(F)(F)F)c2n1. The Morgan fingerprint density at radius 1 is 1.17 bits per heavy atom. The van der Waals surface area contributed by atoms with Crippen molar-refractivity contribution in [3.63, 3.8) is 0 Å². The zero-order chi connectivity index (χ0) is 29.7. The molecule has 14 heteroatoms. The van der Waals surface area contributed by atoms with Gasteiger partial charge < -0.3 is 28.9 Å². The van der Waals surface area contributed by atoms with E-state index in [1.165, 1.54) is 0 Å². The van der Waals surface area contributed by atoms with Crippen LogP contribution in [0.15, 0.2) is 10.5 Å². The van der Waals surface area contributed by atoms with Gasteiger partial charge in [0.2, 0.25) is 0 Å². The molecule has 1 atom stereocenters. The molecule has 0 aliphatic carbocycles. The van der Waals surface area contributed by atoms with Crippen molar-refractivity contribution < 1.29 is 32.2 Å². The molecule has 0 unspecified atom stereocenters. The number of benzene rings is 1. The number of likely N-dealkylation sites (tertiary alicyclic amines) is 2. The Balaban J connectivity index is 1.45. The molecule has 2 aromatic rings. The first-order valence-electron chi connectivity index (χ1n) is 13.6. The molecule has 9 nitrogen and oxygen atoms in total. The number of anilines is 1. The van der Waals surface area contributed by atoms with Gasteiger partial charge in [0.25, 0.3) is 0 Å². The largest absolute Gasteiger partial charge is 0.481 e. The molecule has 0 radical (unpaired) electrons. The van der Waals surface area contributed by atoms with Crippen molar-refractivity contribution in [1.82, 2.24) is 19.8 Å². The quantitative estimate of drug-likeness (QED) is 0.340. The van der Waals surface area contributed by atoms with Crippen LogP contribution in [0.4, 0.5) is 23.8 Å². The van der Waals surface area contributed by atoms with E-state index in [0.29, 0.717) is 52.0 Å². The van der Waals surface area contributed by atoms with Crippen LogP contribution >= 0.6 is 38.5 Å². The molecule has 0 saturated carbocycles. The van der Waals surface area contributed by atoms with Crippen molar-refractivity contribution in [2.24, 2.45) is 5.41 Å². The van der Waals surface area contributed by atoms with Crippen molar-refractivity contribution in [3.05, 3.63) is 14.1 Å². The molecule has 3 fully saturated rings. The lowest BCUT2D eigenvalue weighted by Crippen LogP contribution is -2.60. The zero-order valence-electron chi connectivity index (χ0n) is 23.5. The van der Waals surface area contributed by atoms with E-state index in [4.69, 9.17) is 19.2 Å². The Bertz CT molecular complexity index is 1320. The second-order valence-electron chi connectivity index (χ2n) is 12.2. The molecule has 1 amide bonds. The number of rotatable bonds is 6. The van der Waals surface area contributed by atoms with Crippen LogP contribution in [0.2, 0.25) is 0 Å². The number of hydrogen-bond acceptors (Lipinski definition) is 8. The summed E-state index contributed by atoms with van der Waals surface area (Å²) < 4.78 is 57.5. The van der Waals surface area contributed by atoms with Crippen LogP contribution in [0.25, 0.3) is 10.9 Å². The van der Waals surface area contributed by atoms with Gasteiger partial charge in [0.1, 0.15) is 23.5 Å². The molecule has 5 rings (SSSR count). The van der Waals surface area contributed by atoms with Crippen LogP contribution in [-0.4, -0.2) is 96.7 Å². The van der Waals surface area contributed by atoms with Crippen LogP contribution in [0.1, 0.15) is 40.0 Å². The molecular weight excluding hydrogens is 722 g/mol. The van der Waals surface area contributed by atoms with Gasteiger partial charge in [0.15, 0.2) is 12.4 Å². The number of halogens is 5. The maximum absolute atomic E-state index is 13.2. The number of carbonyl (C=O) groups is 1. The van der Waals surface area contributed by atoms with Crippen LogP contribution < -0.4 is 14.4 Å². The standard InChI is InChI=1S/C27H34BrF3IN5O4/c1-25(2,3)41-24(38)37-13-26(14-37)7-9-36(12-26)22-17-10-18(32)19(28)21(40-15-27(29,30)31)20(17)33-23(34-22)39-11-16-6-5-8-35(16)4/h10,16H,5-9,11-15H2,1-4H3/t16-/m0/s1. The number of aromatic nitrogens is 2. The molecule has 1 spiro atoms. The Labute approximate surface area is 259 Å². The highest BCUT2D eigenvalue weighted by molar-refractivity contribution is 14.1. The van der Waals surface area contributed by atoms with Crippen LogP contribution in [0.5, 0.6) is 11.8 Å². The summed E-state index contributed by atoms with van der Waals surface area (Å²) in [6.45, 7) is 7.88. The molecule has 3 aliphatic heterocycles.